The largest absolute Gasteiger partial charge is 0.481 e. The summed E-state index contributed by atoms with van der Waals surface area (Å²) in [6.07, 6.45) is 1.46. The van der Waals surface area contributed by atoms with E-state index >= 15 is 0 Å². The van der Waals surface area contributed by atoms with Crippen molar-refractivity contribution < 1.29 is 24.3 Å². The van der Waals surface area contributed by atoms with E-state index in [1.165, 1.54) is 4.90 Å². The number of fused-ring (bicyclic) bond motifs is 2. The van der Waals surface area contributed by atoms with E-state index in [0.717, 1.165) is 11.1 Å². The molecular weight excluding hydrogens is 362 g/mol. The van der Waals surface area contributed by atoms with Gasteiger partial charge >= 0.3 is 12.0 Å². The summed E-state index contributed by atoms with van der Waals surface area (Å²) < 4.78 is 0. The molecule has 0 aromatic heterocycles. The number of hydrogen-bond acceptors (Lipinski definition) is 4. The number of piperidine rings is 1. The first kappa shape index (κ1) is 18.5. The van der Waals surface area contributed by atoms with Gasteiger partial charge in [0.15, 0.2) is 0 Å². The number of likely N-dealkylation sites (tertiary alicyclic amines) is 1. The molecular formula is C20H23N3O5. The van der Waals surface area contributed by atoms with Crippen molar-refractivity contribution in [3.8, 4) is 0 Å². The zero-order chi connectivity index (χ0) is 19.8. The number of nitrogens with zero attached hydrogens (tertiary/aromatic N) is 3. The molecule has 1 unspecified atom stereocenters. The maximum absolute atomic E-state index is 12.7. The molecule has 2 saturated heterocycles. The van der Waals surface area contributed by atoms with Gasteiger partial charge in [0, 0.05) is 39.0 Å². The molecule has 4 rings (SSSR count). The number of carboxylic acid groups (broad SMARTS) is 1. The molecule has 3 heterocycles. The Morgan fingerprint density at radius 2 is 1.75 bits per heavy atom. The van der Waals surface area contributed by atoms with Gasteiger partial charge in [0.2, 0.25) is 5.91 Å². The molecule has 0 aliphatic carbocycles. The van der Waals surface area contributed by atoms with Crippen molar-refractivity contribution in [2.45, 2.75) is 38.3 Å². The number of aliphatic carboxylic acids is 1. The Balaban J connectivity index is 1.35. The van der Waals surface area contributed by atoms with E-state index in [9.17, 15) is 19.2 Å². The highest BCUT2D eigenvalue weighted by Crippen LogP contribution is 2.30. The molecule has 1 aromatic carbocycles. The van der Waals surface area contributed by atoms with E-state index in [1.807, 2.05) is 24.3 Å². The van der Waals surface area contributed by atoms with Crippen LogP contribution >= 0.6 is 0 Å². The number of carboxylic acids is 1. The minimum absolute atomic E-state index is 0.0682. The zero-order valence-electron chi connectivity index (χ0n) is 15.5. The van der Waals surface area contributed by atoms with E-state index in [0.29, 0.717) is 38.9 Å². The van der Waals surface area contributed by atoms with Gasteiger partial charge in [0.05, 0.1) is 5.92 Å². The van der Waals surface area contributed by atoms with Gasteiger partial charge < -0.3 is 14.9 Å². The van der Waals surface area contributed by atoms with Crippen LogP contribution in [0, 0.1) is 5.92 Å². The van der Waals surface area contributed by atoms with Gasteiger partial charge in [0.25, 0.3) is 5.91 Å². The first-order chi connectivity index (χ1) is 13.5. The maximum Gasteiger partial charge on any atom is 0.327 e. The number of imide groups is 1. The second kappa shape index (κ2) is 7.26. The highest BCUT2D eigenvalue weighted by Gasteiger charge is 2.47. The number of carbonyl (C=O) groups is 4. The third kappa shape index (κ3) is 3.23. The highest BCUT2D eigenvalue weighted by molar-refractivity contribution is 6.04. The molecule has 0 radical (unpaired) electrons. The van der Waals surface area contributed by atoms with Gasteiger partial charge in [0.1, 0.15) is 6.04 Å². The summed E-state index contributed by atoms with van der Waals surface area (Å²) >= 11 is 0. The molecule has 148 valence electrons. The van der Waals surface area contributed by atoms with Gasteiger partial charge in [-0.3, -0.25) is 19.3 Å². The minimum atomic E-state index is -0.821. The molecule has 0 saturated carbocycles. The molecule has 2 fully saturated rings. The Kier molecular flexibility index (Phi) is 4.78. The fourth-order valence-corrected chi connectivity index (χ4v) is 4.32. The molecule has 0 bridgehead atoms. The summed E-state index contributed by atoms with van der Waals surface area (Å²) in [7, 11) is 0. The monoisotopic (exact) mass is 385 g/mol. The van der Waals surface area contributed by atoms with Crippen molar-refractivity contribution in [2.75, 3.05) is 19.6 Å². The first-order valence-electron chi connectivity index (χ1n) is 9.65. The molecule has 4 amide bonds. The lowest BCUT2D eigenvalue weighted by atomic mass is 9.95. The average molecular weight is 385 g/mol. The lowest BCUT2D eigenvalue weighted by Crippen LogP contribution is -2.42. The average Bonchev–Trinajstić information content (AvgIpc) is 2.94. The SMILES string of the molecule is O=C(O)C1CCN(C(=O)CCN2C(=O)C3Cc4ccccc4CN3C2=O)CC1. The summed E-state index contributed by atoms with van der Waals surface area (Å²) in [6.45, 7) is 1.29. The lowest BCUT2D eigenvalue weighted by molar-refractivity contribution is -0.145. The summed E-state index contributed by atoms with van der Waals surface area (Å²) in [5.74, 6) is -1.60. The van der Waals surface area contributed by atoms with E-state index in [-0.39, 0.29) is 30.8 Å². The van der Waals surface area contributed by atoms with Crippen molar-refractivity contribution in [1.29, 1.82) is 0 Å². The zero-order valence-corrected chi connectivity index (χ0v) is 15.5. The molecule has 8 heteroatoms. The Morgan fingerprint density at radius 1 is 1.07 bits per heavy atom. The molecule has 1 atom stereocenters. The highest BCUT2D eigenvalue weighted by atomic mass is 16.4. The van der Waals surface area contributed by atoms with Crippen LogP contribution in [-0.4, -0.2) is 69.3 Å². The van der Waals surface area contributed by atoms with Crippen LogP contribution in [0.3, 0.4) is 0 Å². The smallest absolute Gasteiger partial charge is 0.327 e. The molecule has 0 spiro atoms. The topological polar surface area (TPSA) is 98.2 Å². The van der Waals surface area contributed by atoms with Crippen LogP contribution in [0.5, 0.6) is 0 Å². The van der Waals surface area contributed by atoms with Crippen LogP contribution in [-0.2, 0) is 27.3 Å². The second-order valence-electron chi connectivity index (χ2n) is 7.63. The van der Waals surface area contributed by atoms with Crippen LogP contribution in [0.2, 0.25) is 0 Å². The number of rotatable bonds is 4. The van der Waals surface area contributed by atoms with Gasteiger partial charge in [-0.25, -0.2) is 4.79 Å². The van der Waals surface area contributed by atoms with Crippen LogP contribution in [0.1, 0.15) is 30.4 Å². The number of benzene rings is 1. The standard InChI is InChI=1S/C20H23N3O5/c24-17(21-8-5-13(6-9-21)19(26)27)7-10-22-18(25)16-11-14-3-1-2-4-15(14)12-23(16)20(22)28/h1-4,13,16H,5-12H2,(H,26,27). The van der Waals surface area contributed by atoms with Gasteiger partial charge in [-0.1, -0.05) is 24.3 Å². The lowest BCUT2D eigenvalue weighted by Gasteiger charge is -2.30. The van der Waals surface area contributed by atoms with Crippen LogP contribution in [0.4, 0.5) is 4.79 Å². The molecule has 1 aromatic rings. The number of hydrogen-bond donors (Lipinski definition) is 1. The Hall–Kier alpha value is -2.90. The molecule has 3 aliphatic rings. The third-order valence-electron chi connectivity index (χ3n) is 6.02. The summed E-state index contributed by atoms with van der Waals surface area (Å²) in [4.78, 5) is 53.3. The number of urea groups is 1. The molecule has 1 N–H and O–H groups in total. The maximum atomic E-state index is 12.7. The Morgan fingerprint density at radius 3 is 2.43 bits per heavy atom. The third-order valence-corrected chi connectivity index (χ3v) is 6.02. The van der Waals surface area contributed by atoms with Crippen LogP contribution in [0.25, 0.3) is 0 Å². The van der Waals surface area contributed by atoms with E-state index in [2.05, 4.69) is 0 Å². The molecule has 3 aliphatic heterocycles. The van der Waals surface area contributed by atoms with E-state index < -0.39 is 17.9 Å². The second-order valence-corrected chi connectivity index (χ2v) is 7.63. The summed E-state index contributed by atoms with van der Waals surface area (Å²) in [5.41, 5.74) is 2.14. The van der Waals surface area contributed by atoms with Gasteiger partial charge in [-0.2, -0.15) is 0 Å². The number of carbonyl (C=O) groups excluding carboxylic acids is 3. The Labute approximate surface area is 162 Å². The fraction of sp³-hybridized carbons (Fsp3) is 0.500. The summed E-state index contributed by atoms with van der Waals surface area (Å²) in [6, 6.07) is 6.99. The van der Waals surface area contributed by atoms with Gasteiger partial charge in [-0.15, -0.1) is 0 Å². The summed E-state index contributed by atoms with van der Waals surface area (Å²) in [5, 5.41) is 9.05. The fourth-order valence-electron chi connectivity index (χ4n) is 4.32. The van der Waals surface area contributed by atoms with Crippen molar-refractivity contribution in [3.63, 3.8) is 0 Å². The minimum Gasteiger partial charge on any atom is -0.481 e. The normalized spacial score (nSPS) is 22.3. The van der Waals surface area contributed by atoms with E-state index in [1.54, 1.807) is 9.80 Å². The molecule has 8 nitrogen and oxygen atoms in total. The quantitative estimate of drug-likeness (QED) is 0.783. The van der Waals surface area contributed by atoms with Gasteiger partial charge in [-0.05, 0) is 24.0 Å². The van der Waals surface area contributed by atoms with E-state index in [4.69, 9.17) is 5.11 Å². The molecule has 28 heavy (non-hydrogen) atoms. The van der Waals surface area contributed by atoms with Crippen LogP contribution < -0.4 is 0 Å². The van der Waals surface area contributed by atoms with Crippen LogP contribution in [0.15, 0.2) is 24.3 Å². The van der Waals surface area contributed by atoms with Crippen molar-refractivity contribution in [1.82, 2.24) is 14.7 Å². The number of amides is 4. The Bertz CT molecular complexity index is 788. The first-order valence-corrected chi connectivity index (χ1v) is 9.65. The van der Waals surface area contributed by atoms with Crippen molar-refractivity contribution >= 4 is 23.8 Å². The predicted octanol–water partition coefficient (Wildman–Crippen LogP) is 1.09. The van der Waals surface area contributed by atoms with Crippen molar-refractivity contribution in [2.24, 2.45) is 5.92 Å². The van der Waals surface area contributed by atoms with Crippen molar-refractivity contribution in [3.05, 3.63) is 35.4 Å². The predicted molar refractivity (Wildman–Crippen MR) is 98.1 cm³/mol.